The number of imidazole rings is 1. The number of amides is 1. The fourth-order valence-electron chi connectivity index (χ4n) is 4.12. The molecule has 3 heterocycles. The second kappa shape index (κ2) is 8.11. The van der Waals surface area contributed by atoms with Crippen LogP contribution in [0, 0.1) is 6.92 Å². The summed E-state index contributed by atoms with van der Waals surface area (Å²) in [5, 5.41) is 0.510. The maximum atomic E-state index is 13.6. The molecule has 0 spiro atoms. The second-order valence-corrected chi connectivity index (χ2v) is 10.2. The number of pyridine rings is 1. The van der Waals surface area contributed by atoms with Gasteiger partial charge in [-0.2, -0.15) is 0 Å². The van der Waals surface area contributed by atoms with Crippen LogP contribution in [0.4, 0.5) is 4.79 Å². The minimum absolute atomic E-state index is 0.106. The smallest absolute Gasteiger partial charge is 0.328 e. The first kappa shape index (κ1) is 21.8. The SMILES string of the molecule is Cc1nc2cnccc2n1Cc1ccc(S(=O)(=O)c2cn(C(=O)N(C)C)c3ccccc23)cc1. The molecule has 0 aliphatic heterocycles. The van der Waals surface area contributed by atoms with Crippen molar-refractivity contribution >= 4 is 37.8 Å². The summed E-state index contributed by atoms with van der Waals surface area (Å²) >= 11 is 0. The maximum Gasteiger partial charge on any atom is 0.328 e. The zero-order valence-corrected chi connectivity index (χ0v) is 19.8. The highest BCUT2D eigenvalue weighted by Gasteiger charge is 2.25. The average Bonchev–Trinajstić information content (AvgIpc) is 3.37. The van der Waals surface area contributed by atoms with E-state index in [9.17, 15) is 13.2 Å². The van der Waals surface area contributed by atoms with E-state index in [1.807, 2.05) is 25.1 Å². The third-order valence-corrected chi connectivity index (χ3v) is 7.67. The molecule has 2 aromatic carbocycles. The molecule has 172 valence electrons. The number of hydrogen-bond acceptors (Lipinski definition) is 5. The Morgan fingerprint density at radius 3 is 2.47 bits per heavy atom. The average molecular weight is 474 g/mol. The van der Waals surface area contributed by atoms with Crippen molar-refractivity contribution in [3.8, 4) is 0 Å². The molecule has 0 bridgehead atoms. The minimum Gasteiger partial charge on any atom is -0.330 e. The summed E-state index contributed by atoms with van der Waals surface area (Å²) in [6.45, 7) is 2.49. The molecule has 3 aromatic heterocycles. The molecule has 1 amide bonds. The van der Waals surface area contributed by atoms with Crippen LogP contribution in [0.2, 0.25) is 0 Å². The van der Waals surface area contributed by atoms with E-state index < -0.39 is 9.84 Å². The van der Waals surface area contributed by atoms with Gasteiger partial charge in [0.1, 0.15) is 11.3 Å². The molecule has 0 aliphatic rings. The predicted octanol–water partition coefficient (Wildman–Crippen LogP) is 4.11. The Kier molecular flexibility index (Phi) is 5.21. The highest BCUT2D eigenvalue weighted by molar-refractivity contribution is 7.91. The van der Waals surface area contributed by atoms with E-state index in [2.05, 4.69) is 14.5 Å². The number of carbonyl (C=O) groups is 1. The van der Waals surface area contributed by atoms with E-state index >= 15 is 0 Å². The lowest BCUT2D eigenvalue weighted by Crippen LogP contribution is -2.26. The number of sulfone groups is 1. The number of hydrogen-bond donors (Lipinski definition) is 0. The van der Waals surface area contributed by atoms with Crippen molar-refractivity contribution in [3.05, 3.63) is 84.6 Å². The lowest BCUT2D eigenvalue weighted by Gasteiger charge is -2.11. The maximum absolute atomic E-state index is 13.6. The van der Waals surface area contributed by atoms with E-state index in [0.29, 0.717) is 17.4 Å². The number of aryl methyl sites for hydroxylation is 1. The van der Waals surface area contributed by atoms with E-state index in [1.54, 1.807) is 62.9 Å². The molecule has 0 N–H and O–H groups in total. The van der Waals surface area contributed by atoms with Gasteiger partial charge in [-0.1, -0.05) is 30.3 Å². The molecule has 0 fully saturated rings. The summed E-state index contributed by atoms with van der Waals surface area (Å²) < 4.78 is 30.5. The predicted molar refractivity (Wildman–Crippen MR) is 130 cm³/mol. The molecular formula is C25H23N5O3S. The third kappa shape index (κ3) is 3.54. The summed E-state index contributed by atoms with van der Waals surface area (Å²) in [6, 6.07) is 15.5. The zero-order valence-electron chi connectivity index (χ0n) is 19.0. The molecule has 8 nitrogen and oxygen atoms in total. The van der Waals surface area contributed by atoms with Gasteiger partial charge in [0.2, 0.25) is 9.84 Å². The Bertz CT molecular complexity index is 1650. The van der Waals surface area contributed by atoms with Gasteiger partial charge in [0.25, 0.3) is 0 Å². The largest absolute Gasteiger partial charge is 0.330 e. The van der Waals surface area contributed by atoms with Crippen molar-refractivity contribution in [3.63, 3.8) is 0 Å². The normalized spacial score (nSPS) is 11.9. The fraction of sp³-hybridized carbons (Fsp3) is 0.160. The molecule has 0 saturated heterocycles. The van der Waals surface area contributed by atoms with Crippen LogP contribution in [0.15, 0.2) is 83.0 Å². The van der Waals surface area contributed by atoms with E-state index in [0.717, 1.165) is 22.4 Å². The fourth-order valence-corrected chi connectivity index (χ4v) is 5.58. The van der Waals surface area contributed by atoms with Crippen molar-refractivity contribution in [2.45, 2.75) is 23.3 Å². The second-order valence-electron chi connectivity index (χ2n) is 8.31. The van der Waals surface area contributed by atoms with Gasteiger partial charge in [0, 0.05) is 38.4 Å². The Balaban J connectivity index is 1.52. The lowest BCUT2D eigenvalue weighted by atomic mass is 10.2. The van der Waals surface area contributed by atoms with Crippen LogP contribution < -0.4 is 0 Å². The van der Waals surface area contributed by atoms with Crippen molar-refractivity contribution in [2.24, 2.45) is 0 Å². The molecular weight excluding hydrogens is 450 g/mol. The van der Waals surface area contributed by atoms with Crippen LogP contribution in [0.25, 0.3) is 21.9 Å². The van der Waals surface area contributed by atoms with E-state index in [1.165, 1.54) is 15.7 Å². The van der Waals surface area contributed by atoms with Gasteiger partial charge in [0.15, 0.2) is 0 Å². The number of para-hydroxylation sites is 1. The Morgan fingerprint density at radius 2 is 1.74 bits per heavy atom. The summed E-state index contributed by atoms with van der Waals surface area (Å²) in [5.74, 6) is 0.859. The van der Waals surface area contributed by atoms with Crippen molar-refractivity contribution in [2.75, 3.05) is 14.1 Å². The molecule has 0 aliphatic carbocycles. The molecule has 0 radical (unpaired) electrons. The number of rotatable bonds is 4. The highest BCUT2D eigenvalue weighted by atomic mass is 32.2. The monoisotopic (exact) mass is 473 g/mol. The van der Waals surface area contributed by atoms with Crippen LogP contribution >= 0.6 is 0 Å². The summed E-state index contributed by atoms with van der Waals surface area (Å²) in [4.78, 5) is 23.0. The van der Waals surface area contributed by atoms with Crippen LogP contribution in [-0.2, 0) is 16.4 Å². The van der Waals surface area contributed by atoms with Gasteiger partial charge in [-0.05, 0) is 36.8 Å². The summed E-state index contributed by atoms with van der Waals surface area (Å²) in [7, 11) is -0.583. The van der Waals surface area contributed by atoms with Gasteiger partial charge in [-0.25, -0.2) is 18.2 Å². The number of carbonyl (C=O) groups excluding carboxylic acids is 1. The minimum atomic E-state index is -3.84. The molecule has 0 saturated carbocycles. The standard InChI is InChI=1S/C25H23N5O3S/c1-17-27-21-14-26-13-12-23(21)29(17)15-18-8-10-19(11-9-18)34(32,33)24-16-30(25(31)28(2)3)22-7-5-4-6-20(22)24/h4-14,16H,15H2,1-3H3. The quantitative estimate of drug-likeness (QED) is 0.392. The lowest BCUT2D eigenvalue weighted by molar-refractivity contribution is 0.220. The first-order valence-corrected chi connectivity index (χ1v) is 12.2. The van der Waals surface area contributed by atoms with Gasteiger partial charge in [-0.15, -0.1) is 0 Å². The van der Waals surface area contributed by atoms with Crippen molar-refractivity contribution in [1.29, 1.82) is 0 Å². The highest BCUT2D eigenvalue weighted by Crippen LogP contribution is 2.30. The molecule has 5 aromatic rings. The van der Waals surface area contributed by atoms with Gasteiger partial charge in [0.05, 0.1) is 27.0 Å². The first-order valence-electron chi connectivity index (χ1n) is 10.7. The van der Waals surface area contributed by atoms with Crippen LogP contribution in [0.3, 0.4) is 0 Å². The molecule has 34 heavy (non-hydrogen) atoms. The molecule has 0 atom stereocenters. The number of aromatic nitrogens is 4. The number of nitrogens with zero attached hydrogens (tertiary/aromatic N) is 5. The Labute approximate surface area is 197 Å². The van der Waals surface area contributed by atoms with Crippen molar-refractivity contribution < 1.29 is 13.2 Å². The zero-order chi connectivity index (χ0) is 24.0. The summed E-state index contributed by atoms with van der Waals surface area (Å²) in [5.41, 5.74) is 3.29. The van der Waals surface area contributed by atoms with E-state index in [-0.39, 0.29) is 15.8 Å². The van der Waals surface area contributed by atoms with Crippen molar-refractivity contribution in [1.82, 2.24) is 24.0 Å². The van der Waals surface area contributed by atoms with Crippen LogP contribution in [-0.4, -0.2) is 52.5 Å². The third-order valence-electron chi connectivity index (χ3n) is 5.87. The van der Waals surface area contributed by atoms with Gasteiger partial charge in [-0.3, -0.25) is 9.55 Å². The van der Waals surface area contributed by atoms with Gasteiger partial charge < -0.3 is 9.47 Å². The molecule has 5 rings (SSSR count). The first-order chi connectivity index (χ1) is 16.3. The van der Waals surface area contributed by atoms with Crippen LogP contribution in [0.1, 0.15) is 11.4 Å². The van der Waals surface area contributed by atoms with Crippen LogP contribution in [0.5, 0.6) is 0 Å². The molecule has 9 heteroatoms. The Hall–Kier alpha value is -3.98. The number of fused-ring (bicyclic) bond motifs is 2. The summed E-state index contributed by atoms with van der Waals surface area (Å²) in [6.07, 6.45) is 4.87. The van der Waals surface area contributed by atoms with E-state index in [4.69, 9.17) is 0 Å². The van der Waals surface area contributed by atoms with Gasteiger partial charge >= 0.3 is 6.03 Å². The number of benzene rings is 2. The molecule has 0 unspecified atom stereocenters. The Morgan fingerprint density at radius 1 is 1.00 bits per heavy atom. The topological polar surface area (TPSA) is 90.1 Å².